The second-order valence-corrected chi connectivity index (χ2v) is 9.47. The maximum Gasteiger partial charge on any atom is 0.266 e. The van der Waals surface area contributed by atoms with Crippen molar-refractivity contribution < 1.29 is 9.59 Å². The van der Waals surface area contributed by atoms with Gasteiger partial charge < -0.3 is 4.90 Å². The quantitative estimate of drug-likeness (QED) is 0.468. The molecule has 3 rings (SSSR count). The van der Waals surface area contributed by atoms with E-state index in [0.717, 1.165) is 6.54 Å². The summed E-state index contributed by atoms with van der Waals surface area (Å²) in [5.41, 5.74) is 1.24. The SMILES string of the molecule is CC(=O)N(c1cccc(Cl)c1)c1nc(C=C2SC(=S)N(CCN(C)C)C2=O)cs1. The van der Waals surface area contributed by atoms with Gasteiger partial charge in [-0.3, -0.25) is 19.4 Å². The summed E-state index contributed by atoms with van der Waals surface area (Å²) in [6, 6.07) is 7.03. The van der Waals surface area contributed by atoms with Crippen LogP contribution in [0.5, 0.6) is 0 Å². The lowest BCUT2D eigenvalue weighted by Gasteiger charge is -2.18. The summed E-state index contributed by atoms with van der Waals surface area (Å²) in [5.74, 6) is -0.294. The minimum atomic E-state index is -0.178. The Hall–Kier alpha value is -1.78. The number of hydrogen-bond donors (Lipinski definition) is 0. The fourth-order valence-corrected chi connectivity index (χ4v) is 4.94. The number of hydrogen-bond acceptors (Lipinski definition) is 7. The topological polar surface area (TPSA) is 56.8 Å². The van der Waals surface area contributed by atoms with Gasteiger partial charge in [-0.25, -0.2) is 4.98 Å². The van der Waals surface area contributed by atoms with Gasteiger partial charge in [0.05, 0.1) is 16.3 Å². The largest absolute Gasteiger partial charge is 0.308 e. The molecule has 6 nitrogen and oxygen atoms in total. The van der Waals surface area contributed by atoms with E-state index >= 15 is 0 Å². The Morgan fingerprint density at radius 1 is 1.38 bits per heavy atom. The molecule has 152 valence electrons. The predicted molar refractivity (Wildman–Crippen MR) is 125 cm³/mol. The Bertz CT molecular complexity index is 989. The minimum Gasteiger partial charge on any atom is -0.308 e. The molecular formula is C19H19ClN4O2S3. The highest BCUT2D eigenvalue weighted by molar-refractivity contribution is 8.26. The lowest BCUT2D eigenvalue weighted by Crippen LogP contribution is -2.34. The van der Waals surface area contributed by atoms with E-state index in [9.17, 15) is 9.59 Å². The average Bonchev–Trinajstić information content (AvgIpc) is 3.18. The number of nitrogens with zero attached hydrogens (tertiary/aromatic N) is 4. The van der Waals surface area contributed by atoms with Crippen LogP contribution < -0.4 is 4.90 Å². The number of rotatable bonds is 6. The minimum absolute atomic E-state index is 0.116. The van der Waals surface area contributed by atoms with E-state index in [1.807, 2.05) is 24.4 Å². The van der Waals surface area contributed by atoms with E-state index in [0.29, 0.717) is 37.3 Å². The van der Waals surface area contributed by atoms with Gasteiger partial charge in [-0.1, -0.05) is 41.6 Å². The summed E-state index contributed by atoms with van der Waals surface area (Å²) < 4.78 is 0.544. The monoisotopic (exact) mass is 466 g/mol. The Kier molecular flexibility index (Phi) is 7.07. The zero-order valence-corrected chi connectivity index (χ0v) is 19.3. The molecule has 0 radical (unpaired) electrons. The van der Waals surface area contributed by atoms with Crippen LogP contribution in [0.25, 0.3) is 6.08 Å². The normalized spacial score (nSPS) is 15.6. The Labute approximate surface area is 188 Å². The number of thioether (sulfide) groups is 1. The first kappa shape index (κ1) is 21.9. The Morgan fingerprint density at radius 3 is 2.79 bits per heavy atom. The molecule has 0 atom stereocenters. The van der Waals surface area contributed by atoms with Crippen molar-refractivity contribution in [2.75, 3.05) is 32.1 Å². The molecule has 0 saturated carbocycles. The number of thiazole rings is 1. The molecule has 0 aliphatic carbocycles. The zero-order chi connectivity index (χ0) is 21.1. The van der Waals surface area contributed by atoms with Crippen molar-refractivity contribution in [1.82, 2.24) is 14.8 Å². The van der Waals surface area contributed by atoms with Crippen molar-refractivity contribution in [3.05, 3.63) is 45.3 Å². The van der Waals surface area contributed by atoms with E-state index in [2.05, 4.69) is 4.98 Å². The molecule has 1 aromatic heterocycles. The molecule has 0 N–H and O–H groups in total. The van der Waals surface area contributed by atoms with Crippen LogP contribution >= 0.6 is 46.9 Å². The first-order chi connectivity index (χ1) is 13.8. The molecule has 2 aromatic rings. The van der Waals surface area contributed by atoms with Gasteiger partial charge in [0.1, 0.15) is 4.32 Å². The van der Waals surface area contributed by atoms with Crippen molar-refractivity contribution in [1.29, 1.82) is 0 Å². The highest BCUT2D eigenvalue weighted by Crippen LogP contribution is 2.35. The average molecular weight is 467 g/mol. The number of thiocarbonyl (C=S) groups is 1. The molecule has 1 fully saturated rings. The van der Waals surface area contributed by atoms with Gasteiger partial charge >= 0.3 is 0 Å². The van der Waals surface area contributed by atoms with Gasteiger partial charge in [0, 0.05) is 30.4 Å². The molecule has 0 unspecified atom stereocenters. The van der Waals surface area contributed by atoms with E-state index in [-0.39, 0.29) is 11.8 Å². The number of likely N-dealkylation sites (N-methyl/N-ethyl adjacent to an activating group) is 1. The fourth-order valence-electron chi connectivity index (χ4n) is 2.61. The predicted octanol–water partition coefficient (Wildman–Crippen LogP) is 4.24. The van der Waals surface area contributed by atoms with Gasteiger partial charge in [0.15, 0.2) is 5.13 Å². The lowest BCUT2D eigenvalue weighted by molar-refractivity contribution is -0.122. The number of halogens is 1. The van der Waals surface area contributed by atoms with Crippen molar-refractivity contribution in [3.63, 3.8) is 0 Å². The van der Waals surface area contributed by atoms with Crippen LogP contribution in [-0.4, -0.2) is 58.1 Å². The number of carbonyl (C=O) groups is 2. The number of benzene rings is 1. The van der Waals surface area contributed by atoms with Gasteiger partial charge in [-0.15, -0.1) is 11.3 Å². The molecule has 10 heteroatoms. The van der Waals surface area contributed by atoms with Crippen LogP contribution in [0.4, 0.5) is 10.8 Å². The molecule has 1 saturated heterocycles. The molecule has 2 heterocycles. The van der Waals surface area contributed by atoms with Crippen LogP contribution in [0.3, 0.4) is 0 Å². The van der Waals surface area contributed by atoms with E-state index < -0.39 is 0 Å². The molecule has 1 aliphatic rings. The summed E-state index contributed by atoms with van der Waals surface area (Å²) in [7, 11) is 3.90. The van der Waals surface area contributed by atoms with Crippen molar-refractivity contribution in [3.8, 4) is 0 Å². The second-order valence-electron chi connectivity index (χ2n) is 6.53. The second kappa shape index (κ2) is 9.36. The van der Waals surface area contributed by atoms with Crippen molar-refractivity contribution in [2.45, 2.75) is 6.92 Å². The molecule has 29 heavy (non-hydrogen) atoms. The lowest BCUT2D eigenvalue weighted by atomic mass is 10.3. The molecule has 0 spiro atoms. The summed E-state index contributed by atoms with van der Waals surface area (Å²) in [4.78, 5) is 35.1. The molecule has 0 bridgehead atoms. The Balaban J connectivity index is 1.83. The van der Waals surface area contributed by atoms with E-state index in [1.165, 1.54) is 34.9 Å². The summed E-state index contributed by atoms with van der Waals surface area (Å²) >= 11 is 14.0. The third-order valence-electron chi connectivity index (χ3n) is 4.01. The number of amides is 2. The first-order valence-electron chi connectivity index (χ1n) is 8.68. The van der Waals surface area contributed by atoms with Crippen LogP contribution in [0, 0.1) is 0 Å². The van der Waals surface area contributed by atoms with Crippen LogP contribution in [0.2, 0.25) is 5.02 Å². The van der Waals surface area contributed by atoms with Gasteiger partial charge in [0.2, 0.25) is 5.91 Å². The standard InChI is InChI=1S/C19H19ClN4O2S3/c1-12(25)24(15-6-4-5-13(20)9-15)18-21-14(11-28-18)10-16-17(26)23(19(27)29-16)8-7-22(2)3/h4-6,9-11H,7-8H2,1-3H3. The smallest absolute Gasteiger partial charge is 0.266 e. The van der Waals surface area contributed by atoms with Crippen LogP contribution in [-0.2, 0) is 9.59 Å². The fraction of sp³-hybridized carbons (Fsp3) is 0.263. The van der Waals surface area contributed by atoms with Crippen molar-refractivity contribution >= 4 is 79.9 Å². The van der Waals surface area contributed by atoms with Crippen LogP contribution in [0.1, 0.15) is 12.6 Å². The molecule has 2 amide bonds. The number of aromatic nitrogens is 1. The third kappa shape index (κ3) is 5.23. The highest BCUT2D eigenvalue weighted by atomic mass is 35.5. The number of carbonyl (C=O) groups excluding carboxylic acids is 2. The third-order valence-corrected chi connectivity index (χ3v) is 6.46. The molecular weight excluding hydrogens is 448 g/mol. The van der Waals surface area contributed by atoms with Crippen molar-refractivity contribution in [2.24, 2.45) is 0 Å². The maximum absolute atomic E-state index is 12.7. The van der Waals surface area contributed by atoms with E-state index in [4.69, 9.17) is 23.8 Å². The van der Waals surface area contributed by atoms with Gasteiger partial charge in [0.25, 0.3) is 5.91 Å². The summed E-state index contributed by atoms with van der Waals surface area (Å²) in [5, 5.41) is 2.85. The van der Waals surface area contributed by atoms with Gasteiger partial charge in [-0.05, 0) is 38.4 Å². The first-order valence-corrected chi connectivity index (χ1v) is 11.2. The maximum atomic E-state index is 12.7. The van der Waals surface area contributed by atoms with Gasteiger partial charge in [-0.2, -0.15) is 0 Å². The van der Waals surface area contributed by atoms with Crippen LogP contribution in [0.15, 0.2) is 34.6 Å². The molecule has 1 aromatic carbocycles. The number of anilines is 2. The van der Waals surface area contributed by atoms with E-state index in [1.54, 1.807) is 35.2 Å². The Morgan fingerprint density at radius 2 is 2.14 bits per heavy atom. The summed E-state index contributed by atoms with van der Waals surface area (Å²) in [6.45, 7) is 2.75. The highest BCUT2D eigenvalue weighted by Gasteiger charge is 2.32. The zero-order valence-electron chi connectivity index (χ0n) is 16.1. The summed E-state index contributed by atoms with van der Waals surface area (Å²) in [6.07, 6.45) is 1.71. The molecule has 1 aliphatic heterocycles.